The molecular weight excluding hydrogens is 224 g/mol. The van der Waals surface area contributed by atoms with Crippen molar-refractivity contribution < 1.29 is 13.9 Å². The van der Waals surface area contributed by atoms with Crippen molar-refractivity contribution in [2.75, 3.05) is 19.0 Å². The zero-order valence-corrected chi connectivity index (χ0v) is 10.3. The molecule has 0 saturated heterocycles. The van der Waals surface area contributed by atoms with Gasteiger partial charge in [-0.15, -0.1) is 0 Å². The van der Waals surface area contributed by atoms with E-state index in [0.29, 0.717) is 5.56 Å². The number of halogens is 2. The predicted octanol–water partition coefficient (Wildman–Crippen LogP) is 2.44. The molecular formula is C13H17F2NO. The van der Waals surface area contributed by atoms with Gasteiger partial charge in [-0.1, -0.05) is 6.07 Å². The van der Waals surface area contributed by atoms with Crippen LogP contribution in [-0.2, 0) is 5.41 Å². The fourth-order valence-electron chi connectivity index (χ4n) is 2.43. The molecule has 1 N–H and O–H groups in total. The summed E-state index contributed by atoms with van der Waals surface area (Å²) >= 11 is 0. The van der Waals surface area contributed by atoms with Crippen LogP contribution in [0.3, 0.4) is 0 Å². The Balaban J connectivity index is 2.59. The monoisotopic (exact) mass is 241 g/mol. The van der Waals surface area contributed by atoms with Crippen LogP contribution in [0.2, 0.25) is 0 Å². The number of rotatable bonds is 3. The van der Waals surface area contributed by atoms with Crippen molar-refractivity contribution in [2.24, 2.45) is 0 Å². The largest absolute Gasteiger partial charge is 0.392 e. The van der Waals surface area contributed by atoms with Crippen molar-refractivity contribution >= 4 is 5.69 Å². The molecule has 4 heteroatoms. The number of hydrogen-bond acceptors (Lipinski definition) is 2. The highest BCUT2D eigenvalue weighted by molar-refractivity contribution is 5.59. The molecule has 1 aromatic carbocycles. The molecule has 1 fully saturated rings. The fraction of sp³-hybridized carbons (Fsp3) is 0.538. The lowest BCUT2D eigenvalue weighted by molar-refractivity contribution is 0.150. The SMILES string of the molecule is CC(O)C1(c2ccc(F)c(F)c2N(C)C)CC1. The van der Waals surface area contributed by atoms with E-state index < -0.39 is 23.2 Å². The Morgan fingerprint density at radius 1 is 1.29 bits per heavy atom. The van der Waals surface area contributed by atoms with Gasteiger partial charge in [-0.05, 0) is 31.4 Å². The summed E-state index contributed by atoms with van der Waals surface area (Å²) in [5, 5.41) is 9.83. The van der Waals surface area contributed by atoms with Gasteiger partial charge in [0.1, 0.15) is 0 Å². The van der Waals surface area contributed by atoms with Crippen LogP contribution >= 0.6 is 0 Å². The van der Waals surface area contributed by atoms with Crippen LogP contribution in [-0.4, -0.2) is 25.3 Å². The van der Waals surface area contributed by atoms with E-state index >= 15 is 0 Å². The lowest BCUT2D eigenvalue weighted by Crippen LogP contribution is -2.26. The Bertz CT molecular complexity index is 439. The second kappa shape index (κ2) is 3.95. The first-order valence-electron chi connectivity index (χ1n) is 5.74. The van der Waals surface area contributed by atoms with Crippen LogP contribution < -0.4 is 4.90 Å². The van der Waals surface area contributed by atoms with Gasteiger partial charge in [-0.3, -0.25) is 0 Å². The highest BCUT2D eigenvalue weighted by atomic mass is 19.2. The summed E-state index contributed by atoms with van der Waals surface area (Å²) in [6.45, 7) is 1.70. The summed E-state index contributed by atoms with van der Waals surface area (Å²) in [7, 11) is 3.36. The van der Waals surface area contributed by atoms with Crippen molar-refractivity contribution in [3.8, 4) is 0 Å². The lowest BCUT2D eigenvalue weighted by Gasteiger charge is -2.26. The molecule has 1 aliphatic rings. The maximum atomic E-state index is 13.8. The summed E-state index contributed by atoms with van der Waals surface area (Å²) in [6.07, 6.45) is 1.08. The van der Waals surface area contributed by atoms with Crippen LogP contribution in [0.4, 0.5) is 14.5 Å². The third-order valence-corrected chi connectivity index (χ3v) is 3.64. The summed E-state index contributed by atoms with van der Waals surface area (Å²) < 4.78 is 27.1. The van der Waals surface area contributed by atoms with Gasteiger partial charge < -0.3 is 10.0 Å². The van der Waals surface area contributed by atoms with Crippen LogP contribution in [0.25, 0.3) is 0 Å². The molecule has 1 aliphatic carbocycles. The maximum absolute atomic E-state index is 13.8. The Hall–Kier alpha value is -1.16. The van der Waals surface area contributed by atoms with Crippen molar-refractivity contribution in [1.29, 1.82) is 0 Å². The summed E-state index contributed by atoms with van der Waals surface area (Å²) in [5.74, 6) is -1.68. The first-order chi connectivity index (χ1) is 7.90. The molecule has 17 heavy (non-hydrogen) atoms. The quantitative estimate of drug-likeness (QED) is 0.878. The number of hydrogen-bond donors (Lipinski definition) is 1. The number of anilines is 1. The van der Waals surface area contributed by atoms with Crippen LogP contribution in [0, 0.1) is 11.6 Å². The molecule has 0 amide bonds. The van der Waals surface area contributed by atoms with Gasteiger partial charge in [0.2, 0.25) is 0 Å². The molecule has 0 radical (unpaired) electrons. The Labute approximate surface area is 99.9 Å². The lowest BCUT2D eigenvalue weighted by atomic mass is 9.89. The first kappa shape index (κ1) is 12.3. The second-order valence-electron chi connectivity index (χ2n) is 4.98. The smallest absolute Gasteiger partial charge is 0.182 e. The van der Waals surface area contributed by atoms with E-state index in [1.807, 2.05) is 0 Å². The van der Waals surface area contributed by atoms with Crippen molar-refractivity contribution in [3.05, 3.63) is 29.3 Å². The van der Waals surface area contributed by atoms with E-state index in [-0.39, 0.29) is 5.69 Å². The predicted molar refractivity (Wildman–Crippen MR) is 63.3 cm³/mol. The summed E-state index contributed by atoms with van der Waals surface area (Å²) in [5.41, 5.74) is 0.563. The Morgan fingerprint density at radius 2 is 1.88 bits per heavy atom. The van der Waals surface area contributed by atoms with E-state index in [1.165, 1.54) is 0 Å². The molecule has 0 aliphatic heterocycles. The van der Waals surface area contributed by atoms with Gasteiger partial charge in [0.15, 0.2) is 11.6 Å². The van der Waals surface area contributed by atoms with Crippen LogP contribution in [0.1, 0.15) is 25.3 Å². The maximum Gasteiger partial charge on any atom is 0.182 e. The molecule has 0 bridgehead atoms. The highest BCUT2D eigenvalue weighted by Crippen LogP contribution is 2.54. The second-order valence-corrected chi connectivity index (χ2v) is 4.98. The molecule has 94 valence electrons. The van der Waals surface area contributed by atoms with Gasteiger partial charge in [-0.2, -0.15) is 0 Å². The molecule has 0 heterocycles. The molecule has 1 atom stereocenters. The molecule has 0 aromatic heterocycles. The Morgan fingerprint density at radius 3 is 2.29 bits per heavy atom. The fourth-order valence-corrected chi connectivity index (χ4v) is 2.43. The highest BCUT2D eigenvalue weighted by Gasteiger charge is 2.50. The van der Waals surface area contributed by atoms with Gasteiger partial charge in [0.05, 0.1) is 11.8 Å². The molecule has 2 nitrogen and oxygen atoms in total. The van der Waals surface area contributed by atoms with E-state index in [2.05, 4.69) is 0 Å². The average Bonchev–Trinajstić information content (AvgIpc) is 3.02. The minimum atomic E-state index is -0.848. The third kappa shape index (κ3) is 1.80. The van der Waals surface area contributed by atoms with Crippen molar-refractivity contribution in [2.45, 2.75) is 31.3 Å². The van der Waals surface area contributed by atoms with Crippen molar-refractivity contribution in [3.63, 3.8) is 0 Å². The van der Waals surface area contributed by atoms with E-state index in [1.54, 1.807) is 32.0 Å². The first-order valence-corrected chi connectivity index (χ1v) is 5.74. The zero-order chi connectivity index (χ0) is 12.8. The van der Waals surface area contributed by atoms with E-state index in [0.717, 1.165) is 18.9 Å². The number of benzene rings is 1. The molecule has 0 spiro atoms. The number of aliphatic hydroxyl groups excluding tert-OH is 1. The number of aliphatic hydroxyl groups is 1. The normalized spacial score (nSPS) is 18.9. The van der Waals surface area contributed by atoms with Gasteiger partial charge in [0, 0.05) is 19.5 Å². The molecule has 1 aromatic rings. The minimum absolute atomic E-state index is 0.253. The van der Waals surface area contributed by atoms with Crippen LogP contribution in [0.15, 0.2) is 12.1 Å². The molecule has 2 rings (SSSR count). The topological polar surface area (TPSA) is 23.5 Å². The van der Waals surface area contributed by atoms with Gasteiger partial charge >= 0.3 is 0 Å². The van der Waals surface area contributed by atoms with Gasteiger partial charge in [-0.25, -0.2) is 8.78 Å². The number of nitrogens with zero attached hydrogens (tertiary/aromatic N) is 1. The third-order valence-electron chi connectivity index (χ3n) is 3.64. The molecule has 1 saturated carbocycles. The zero-order valence-electron chi connectivity index (χ0n) is 10.3. The molecule has 1 unspecified atom stereocenters. The van der Waals surface area contributed by atoms with Crippen molar-refractivity contribution in [1.82, 2.24) is 0 Å². The summed E-state index contributed by atoms with van der Waals surface area (Å²) in [4.78, 5) is 1.57. The minimum Gasteiger partial charge on any atom is -0.392 e. The Kier molecular flexibility index (Phi) is 2.86. The average molecular weight is 241 g/mol. The summed E-state index contributed by atoms with van der Waals surface area (Å²) in [6, 6.07) is 2.73. The standard InChI is InChI=1S/C13H17F2NO/c1-8(17)13(6-7-13)9-4-5-10(14)11(15)12(9)16(2)3/h4-5,8,17H,6-7H2,1-3H3. The van der Waals surface area contributed by atoms with Gasteiger partial charge in [0.25, 0.3) is 0 Å². The van der Waals surface area contributed by atoms with E-state index in [4.69, 9.17) is 0 Å². The van der Waals surface area contributed by atoms with E-state index in [9.17, 15) is 13.9 Å². The van der Waals surface area contributed by atoms with Crippen LogP contribution in [0.5, 0.6) is 0 Å².